The van der Waals surface area contributed by atoms with Crippen LogP contribution >= 0.6 is 15.9 Å². The molecule has 3 aliphatic rings. The molecule has 250 valence electrons. The Labute approximate surface area is 288 Å². The molecule has 2 aliphatic heterocycles. The number of hydrogen-bond acceptors (Lipinski definition) is 8. The first-order valence-corrected chi connectivity index (χ1v) is 17.7. The van der Waals surface area contributed by atoms with E-state index in [9.17, 15) is 14.4 Å². The van der Waals surface area contributed by atoms with Crippen molar-refractivity contribution in [2.75, 3.05) is 25.5 Å². The van der Waals surface area contributed by atoms with Gasteiger partial charge in [0, 0.05) is 48.3 Å². The lowest BCUT2D eigenvalue weighted by Crippen LogP contribution is -2.47. The molecular formula is C36H41BrN8O3. The molecule has 2 fully saturated rings. The van der Waals surface area contributed by atoms with Gasteiger partial charge in [-0.05, 0) is 97.9 Å². The van der Waals surface area contributed by atoms with Gasteiger partial charge in [-0.15, -0.1) is 0 Å². The summed E-state index contributed by atoms with van der Waals surface area (Å²) in [6.07, 6.45) is 11.5. The van der Waals surface area contributed by atoms with Crippen LogP contribution < -0.4 is 5.32 Å². The van der Waals surface area contributed by atoms with Gasteiger partial charge >= 0.3 is 0 Å². The number of nitrogens with one attached hydrogen (secondary N) is 1. The Morgan fingerprint density at radius 2 is 1.79 bits per heavy atom. The van der Waals surface area contributed by atoms with Crippen LogP contribution in [0, 0.1) is 12.3 Å². The summed E-state index contributed by atoms with van der Waals surface area (Å²) in [5.41, 5.74) is 3.54. The van der Waals surface area contributed by atoms with Crippen molar-refractivity contribution in [2.45, 2.75) is 83.8 Å². The van der Waals surface area contributed by atoms with Crippen molar-refractivity contribution in [1.29, 1.82) is 0 Å². The lowest BCUT2D eigenvalue weighted by atomic mass is 9.98. The molecule has 3 aromatic heterocycles. The molecule has 11 nitrogen and oxygen atoms in total. The summed E-state index contributed by atoms with van der Waals surface area (Å²) in [5.74, 6) is 0.648. The number of pyridine rings is 1. The van der Waals surface area contributed by atoms with Crippen molar-refractivity contribution in [3.63, 3.8) is 0 Å². The third-order valence-corrected chi connectivity index (χ3v) is 10.7. The second-order valence-corrected chi connectivity index (χ2v) is 14.6. The maximum atomic E-state index is 14.3. The Balaban J connectivity index is 1.20. The van der Waals surface area contributed by atoms with E-state index in [2.05, 4.69) is 53.2 Å². The summed E-state index contributed by atoms with van der Waals surface area (Å²) in [6, 6.07) is 8.99. The van der Waals surface area contributed by atoms with E-state index in [1.54, 1.807) is 22.0 Å². The lowest BCUT2D eigenvalue weighted by molar-refractivity contribution is -0.138. The predicted molar refractivity (Wildman–Crippen MR) is 186 cm³/mol. The van der Waals surface area contributed by atoms with Crippen molar-refractivity contribution in [2.24, 2.45) is 5.41 Å². The number of hydrogen-bond donors (Lipinski definition) is 1. The normalized spacial score (nSPS) is 23.4. The number of carbonyl (C=O) groups is 3. The Hall–Kier alpha value is -4.03. The topological polar surface area (TPSA) is 126 Å². The highest BCUT2D eigenvalue weighted by Crippen LogP contribution is 2.60. The monoisotopic (exact) mass is 712 g/mol. The van der Waals surface area contributed by atoms with Gasteiger partial charge in [-0.3, -0.25) is 19.1 Å². The zero-order chi connectivity index (χ0) is 33.6. The number of benzene rings is 1. The Bertz CT molecular complexity index is 1890. The van der Waals surface area contributed by atoms with E-state index in [1.165, 1.54) is 19.8 Å². The number of amides is 2. The van der Waals surface area contributed by atoms with Gasteiger partial charge in [-0.1, -0.05) is 31.4 Å². The molecule has 0 radical (unpaired) electrons. The van der Waals surface area contributed by atoms with Gasteiger partial charge in [0.05, 0.1) is 5.52 Å². The number of rotatable bonds is 4. The van der Waals surface area contributed by atoms with Crippen molar-refractivity contribution >= 4 is 50.2 Å². The first-order chi connectivity index (χ1) is 23.1. The van der Waals surface area contributed by atoms with E-state index in [4.69, 9.17) is 0 Å². The molecule has 1 spiro atoms. The predicted octanol–water partition coefficient (Wildman–Crippen LogP) is 5.60. The van der Waals surface area contributed by atoms with Crippen molar-refractivity contribution in [3.05, 3.63) is 64.4 Å². The summed E-state index contributed by atoms with van der Waals surface area (Å²) in [5, 5.41) is 8.42. The molecule has 3 atom stereocenters. The second-order valence-electron chi connectivity index (χ2n) is 13.8. The van der Waals surface area contributed by atoms with Gasteiger partial charge < -0.3 is 15.1 Å². The molecule has 5 heterocycles. The van der Waals surface area contributed by atoms with E-state index in [0.29, 0.717) is 39.3 Å². The van der Waals surface area contributed by atoms with Gasteiger partial charge in [0.15, 0.2) is 5.78 Å². The summed E-state index contributed by atoms with van der Waals surface area (Å²) in [6.45, 7) is 5.08. The number of likely N-dealkylation sites (tertiary alicyclic amines) is 1. The van der Waals surface area contributed by atoms with Crippen LogP contribution in [-0.4, -0.2) is 84.4 Å². The number of aryl methyl sites for hydroxylation is 2. The first-order valence-electron chi connectivity index (χ1n) is 16.9. The van der Waals surface area contributed by atoms with E-state index in [-0.39, 0.29) is 35.6 Å². The number of carbonyl (C=O) groups excluding carboxylic acids is 3. The fourth-order valence-electron chi connectivity index (χ4n) is 7.75. The van der Waals surface area contributed by atoms with Crippen LogP contribution in [0.2, 0.25) is 0 Å². The van der Waals surface area contributed by atoms with Crippen molar-refractivity contribution < 1.29 is 14.4 Å². The van der Waals surface area contributed by atoms with Gasteiger partial charge in [0.2, 0.25) is 11.8 Å². The summed E-state index contributed by atoms with van der Waals surface area (Å²) >= 11 is 3.47. The Morgan fingerprint density at radius 1 is 1.02 bits per heavy atom. The zero-order valence-corrected chi connectivity index (χ0v) is 29.3. The SMILES string of the molecule is CC(=O)c1nn(CC(=O)N2C3C[C@]34C[C@H]2C(=O)Nc2nc(Br)ccc2CCCCCCCN(C)C4)c2ccc(-c3cnc(C)nc3)cc12. The molecule has 1 aromatic carbocycles. The largest absolute Gasteiger partial charge is 0.325 e. The lowest BCUT2D eigenvalue weighted by Gasteiger charge is -2.27. The molecule has 7 rings (SSSR count). The fourth-order valence-corrected chi connectivity index (χ4v) is 8.06. The van der Waals surface area contributed by atoms with Gasteiger partial charge in [0.25, 0.3) is 0 Å². The minimum absolute atomic E-state index is 0.0314. The third kappa shape index (κ3) is 6.39. The molecule has 1 unspecified atom stereocenters. The van der Waals surface area contributed by atoms with Crippen LogP contribution in [0.4, 0.5) is 5.82 Å². The van der Waals surface area contributed by atoms with Crippen molar-refractivity contribution in [3.8, 4) is 11.1 Å². The highest BCUT2D eigenvalue weighted by atomic mass is 79.9. The van der Waals surface area contributed by atoms with Crippen molar-refractivity contribution in [1.82, 2.24) is 34.5 Å². The van der Waals surface area contributed by atoms with Crippen LogP contribution in [0.1, 0.15) is 73.7 Å². The fraction of sp³-hybridized carbons (Fsp3) is 0.472. The van der Waals surface area contributed by atoms with E-state index in [1.807, 2.05) is 37.3 Å². The van der Waals surface area contributed by atoms with Crippen LogP contribution in [0.5, 0.6) is 0 Å². The number of Topliss-reactive ketones (excluding diaryl/α,β-unsaturated/α-hetero) is 1. The average Bonchev–Trinajstić information content (AvgIpc) is 3.45. The maximum Gasteiger partial charge on any atom is 0.248 e. The number of fused-ring (bicyclic) bond motifs is 3. The molecule has 1 N–H and O–H groups in total. The molecule has 1 saturated carbocycles. The van der Waals surface area contributed by atoms with Crippen LogP contribution in [-0.2, 0) is 22.6 Å². The minimum Gasteiger partial charge on any atom is -0.325 e. The molecule has 12 heteroatoms. The van der Waals surface area contributed by atoms with E-state index < -0.39 is 6.04 Å². The van der Waals surface area contributed by atoms with Gasteiger partial charge in [-0.2, -0.15) is 5.10 Å². The molecular weight excluding hydrogens is 672 g/mol. The van der Waals surface area contributed by atoms with E-state index >= 15 is 0 Å². The smallest absolute Gasteiger partial charge is 0.248 e. The number of ketones is 1. The summed E-state index contributed by atoms with van der Waals surface area (Å²) < 4.78 is 2.26. The minimum atomic E-state index is -0.631. The molecule has 1 aliphatic carbocycles. The molecule has 48 heavy (non-hydrogen) atoms. The third-order valence-electron chi connectivity index (χ3n) is 10.2. The molecule has 4 aromatic rings. The van der Waals surface area contributed by atoms with Crippen LogP contribution in [0.15, 0.2) is 47.3 Å². The summed E-state index contributed by atoms with van der Waals surface area (Å²) in [4.78, 5) is 58.6. The number of aromatic nitrogens is 5. The number of piperidine rings is 1. The maximum absolute atomic E-state index is 14.3. The number of nitrogens with zero attached hydrogens (tertiary/aromatic N) is 7. The molecule has 2 bridgehead atoms. The summed E-state index contributed by atoms with van der Waals surface area (Å²) in [7, 11) is 2.15. The van der Waals surface area contributed by atoms with Crippen LogP contribution in [0.3, 0.4) is 0 Å². The van der Waals surface area contributed by atoms with Gasteiger partial charge in [0.1, 0.15) is 34.5 Å². The van der Waals surface area contributed by atoms with Gasteiger partial charge in [-0.25, -0.2) is 15.0 Å². The highest BCUT2D eigenvalue weighted by Gasteiger charge is 2.67. The Morgan fingerprint density at radius 3 is 2.58 bits per heavy atom. The number of anilines is 1. The highest BCUT2D eigenvalue weighted by molar-refractivity contribution is 9.10. The molecule has 1 saturated heterocycles. The number of halogens is 1. The average molecular weight is 714 g/mol. The second kappa shape index (κ2) is 13.1. The zero-order valence-electron chi connectivity index (χ0n) is 27.7. The van der Waals surface area contributed by atoms with E-state index in [0.717, 1.165) is 61.9 Å². The van der Waals surface area contributed by atoms with Crippen LogP contribution in [0.25, 0.3) is 22.0 Å². The Kier molecular flexibility index (Phi) is 8.88. The quantitative estimate of drug-likeness (QED) is 0.214. The molecule has 2 amide bonds. The first kappa shape index (κ1) is 32.5. The standard InChI is InChI=1S/C36H41BrN8O3/c1-22(46)33-27-15-25(26-18-38-23(2)39-19-26)10-12-28(27)44(42-33)20-32(47)45-29-16-36(17-30(36)45)21-43(3)14-8-6-4-5-7-9-24-11-13-31(37)40-34(24)41-35(29)48/h10-13,15,18-19,29-30H,4-9,14,16-17,20-21H2,1-3H3,(H,40,41,48)/t29-,30?,36-/m0/s1.